The highest BCUT2D eigenvalue weighted by Gasteiger charge is 2.31. The molecule has 3 aromatic rings. The molecule has 1 aliphatic rings. The minimum atomic E-state index is -4.80. The van der Waals surface area contributed by atoms with E-state index in [-0.39, 0.29) is 11.5 Å². The number of hydrogen-bond acceptors (Lipinski definition) is 4. The Morgan fingerprint density at radius 1 is 0.974 bits per heavy atom. The number of anilines is 1. The molecule has 0 spiro atoms. The summed E-state index contributed by atoms with van der Waals surface area (Å²) in [6, 6.07) is 21.9. The van der Waals surface area contributed by atoms with Crippen molar-refractivity contribution in [2.75, 3.05) is 25.0 Å². The smallest absolute Gasteiger partial charge is 0.479 e. The molecule has 0 radical (unpaired) electrons. The molecule has 0 aliphatic carbocycles. The number of quaternary nitrogens is 1. The van der Waals surface area contributed by atoms with Crippen molar-refractivity contribution in [2.24, 2.45) is 5.92 Å². The average molecular weight is 544 g/mol. The van der Waals surface area contributed by atoms with E-state index in [0.717, 1.165) is 36.7 Å². The number of carbonyl (C=O) groups excluding carboxylic acids is 1. The van der Waals surface area contributed by atoms with Gasteiger partial charge in [0.05, 0.1) is 13.1 Å². The van der Waals surface area contributed by atoms with E-state index in [0.29, 0.717) is 12.1 Å². The number of carbonyl (C=O) groups is 2. The van der Waals surface area contributed by atoms with Gasteiger partial charge in [0.2, 0.25) is 5.78 Å². The molecule has 1 saturated heterocycles. The van der Waals surface area contributed by atoms with Crippen LogP contribution in [0.25, 0.3) is 0 Å². The summed E-state index contributed by atoms with van der Waals surface area (Å²) in [6.07, 6.45) is -0.939. The highest BCUT2D eigenvalue weighted by Crippen LogP contribution is 2.27. The van der Waals surface area contributed by atoms with Crippen molar-refractivity contribution in [2.45, 2.75) is 38.6 Å². The molecule has 1 atom stereocenters. The van der Waals surface area contributed by atoms with Gasteiger partial charge in [-0.1, -0.05) is 80.1 Å². The van der Waals surface area contributed by atoms with Gasteiger partial charge in [-0.05, 0) is 36.5 Å². The molecular weight excluding hydrogens is 509 g/mol. The van der Waals surface area contributed by atoms with Crippen LogP contribution in [0.15, 0.2) is 84.9 Å². The lowest BCUT2D eigenvalue weighted by atomic mass is 9.94. The monoisotopic (exact) mass is 543 g/mol. The Balaban J connectivity index is 0.000000223. The molecule has 9 heteroatoms. The molecule has 39 heavy (non-hydrogen) atoms. The van der Waals surface area contributed by atoms with Gasteiger partial charge in [0.1, 0.15) is 12.3 Å². The van der Waals surface area contributed by atoms with E-state index >= 15 is 0 Å². The lowest BCUT2D eigenvalue weighted by Crippen LogP contribution is -3.13. The number of hydrogen-bond donors (Lipinski definition) is 3. The first-order valence-electron chi connectivity index (χ1n) is 13.0. The van der Waals surface area contributed by atoms with Crippen LogP contribution >= 0.6 is 0 Å². The summed E-state index contributed by atoms with van der Waals surface area (Å²) >= 11 is 0. The summed E-state index contributed by atoms with van der Waals surface area (Å²) in [7, 11) is 0. The normalized spacial score (nSPS) is 17.7. The standard InChI is InChI=1S/C15H12F3NO3.C15H21NO/c16-15(17,18)22-12-8-4-7-11(9-12)19-13(14(20)21)10-5-2-1-3-6-10;1-2-13-8-10-16(11-9-13)12-15(17)14-6-4-3-5-7-14/h1-9,13,19H,(H,20,21);3-7,13H,2,8-12H2,1H3/p+1. The van der Waals surface area contributed by atoms with Gasteiger partial charge < -0.3 is 20.1 Å². The predicted molar refractivity (Wildman–Crippen MR) is 143 cm³/mol. The minimum absolute atomic E-state index is 0.206. The molecule has 1 fully saturated rings. The number of nitrogens with one attached hydrogen (secondary N) is 2. The molecule has 3 aromatic carbocycles. The van der Waals surface area contributed by atoms with Gasteiger partial charge in [-0.25, -0.2) is 4.79 Å². The maximum absolute atomic E-state index is 12.2. The number of ketones is 1. The van der Waals surface area contributed by atoms with E-state index in [9.17, 15) is 27.9 Å². The van der Waals surface area contributed by atoms with Crippen molar-refractivity contribution >= 4 is 17.4 Å². The summed E-state index contributed by atoms with van der Waals surface area (Å²) in [5.74, 6) is -0.385. The minimum Gasteiger partial charge on any atom is -0.479 e. The van der Waals surface area contributed by atoms with Crippen molar-refractivity contribution in [3.8, 4) is 5.75 Å². The third kappa shape index (κ3) is 10.1. The van der Waals surface area contributed by atoms with Crippen molar-refractivity contribution in [1.82, 2.24) is 0 Å². The van der Waals surface area contributed by atoms with Crippen LogP contribution in [-0.4, -0.2) is 42.9 Å². The highest BCUT2D eigenvalue weighted by atomic mass is 19.4. The highest BCUT2D eigenvalue weighted by molar-refractivity contribution is 5.96. The third-order valence-electron chi connectivity index (χ3n) is 6.65. The molecule has 3 N–H and O–H groups in total. The second-order valence-electron chi connectivity index (χ2n) is 9.47. The fourth-order valence-corrected chi connectivity index (χ4v) is 4.51. The maximum atomic E-state index is 12.2. The van der Waals surface area contributed by atoms with Crippen molar-refractivity contribution in [1.29, 1.82) is 0 Å². The first kappa shape index (κ1) is 29.7. The van der Waals surface area contributed by atoms with Crippen molar-refractivity contribution in [3.63, 3.8) is 0 Å². The summed E-state index contributed by atoms with van der Waals surface area (Å²) in [6.45, 7) is 5.26. The fraction of sp³-hybridized carbons (Fsp3) is 0.333. The Bertz CT molecular complexity index is 1180. The first-order valence-corrected chi connectivity index (χ1v) is 13.0. The second kappa shape index (κ2) is 14.3. The van der Waals surface area contributed by atoms with Crippen LogP contribution < -0.4 is 15.0 Å². The van der Waals surface area contributed by atoms with Crippen LogP contribution in [0.1, 0.15) is 48.1 Å². The van der Waals surface area contributed by atoms with E-state index in [1.54, 1.807) is 30.3 Å². The number of piperidine rings is 1. The van der Waals surface area contributed by atoms with Crippen LogP contribution in [0, 0.1) is 5.92 Å². The Morgan fingerprint density at radius 2 is 1.59 bits per heavy atom. The van der Waals surface area contributed by atoms with Gasteiger partial charge >= 0.3 is 12.3 Å². The molecule has 6 nitrogen and oxygen atoms in total. The zero-order chi connectivity index (χ0) is 28.3. The molecule has 0 saturated carbocycles. The number of likely N-dealkylation sites (tertiary alicyclic amines) is 1. The lowest BCUT2D eigenvalue weighted by molar-refractivity contribution is -0.897. The molecule has 0 amide bonds. The average Bonchev–Trinajstić information content (AvgIpc) is 2.92. The van der Waals surface area contributed by atoms with Gasteiger partial charge in [-0.2, -0.15) is 0 Å². The van der Waals surface area contributed by atoms with Crippen LogP contribution in [-0.2, 0) is 4.79 Å². The fourth-order valence-electron chi connectivity index (χ4n) is 4.51. The number of alkyl halides is 3. The van der Waals surface area contributed by atoms with Gasteiger partial charge in [-0.15, -0.1) is 13.2 Å². The zero-order valence-electron chi connectivity index (χ0n) is 21.8. The second-order valence-corrected chi connectivity index (χ2v) is 9.47. The summed E-state index contributed by atoms with van der Waals surface area (Å²) in [5.41, 5.74) is 1.55. The summed E-state index contributed by atoms with van der Waals surface area (Å²) < 4.78 is 40.4. The molecule has 4 rings (SSSR count). The quantitative estimate of drug-likeness (QED) is 0.315. The van der Waals surface area contributed by atoms with Gasteiger partial charge in [0.25, 0.3) is 0 Å². The summed E-state index contributed by atoms with van der Waals surface area (Å²) in [4.78, 5) is 24.8. The lowest BCUT2D eigenvalue weighted by Gasteiger charge is -2.28. The largest absolute Gasteiger partial charge is 0.573 e. The number of carboxylic acids is 1. The molecule has 0 aromatic heterocycles. The Kier molecular flexibility index (Phi) is 10.9. The molecule has 1 unspecified atom stereocenters. The predicted octanol–water partition coefficient (Wildman–Crippen LogP) is 5.40. The van der Waals surface area contributed by atoms with Gasteiger partial charge in [0, 0.05) is 17.3 Å². The van der Waals surface area contributed by atoms with E-state index in [1.807, 2.05) is 30.3 Å². The van der Waals surface area contributed by atoms with E-state index < -0.39 is 24.1 Å². The van der Waals surface area contributed by atoms with E-state index in [2.05, 4.69) is 17.0 Å². The number of aliphatic carboxylic acids is 1. The van der Waals surface area contributed by atoms with Gasteiger partial charge in [0.15, 0.2) is 6.04 Å². The van der Waals surface area contributed by atoms with Gasteiger partial charge in [-0.3, -0.25) is 4.79 Å². The number of rotatable bonds is 9. The van der Waals surface area contributed by atoms with Crippen LogP contribution in [0.5, 0.6) is 5.75 Å². The molecule has 1 heterocycles. The Hall–Kier alpha value is -3.85. The number of ether oxygens (including phenoxy) is 1. The van der Waals surface area contributed by atoms with Crippen LogP contribution in [0.2, 0.25) is 0 Å². The Morgan fingerprint density at radius 3 is 2.15 bits per heavy atom. The Labute approximate surface area is 226 Å². The topological polar surface area (TPSA) is 80.1 Å². The number of Topliss-reactive ketones (excluding diaryl/α,β-unsaturated/α-hetero) is 1. The van der Waals surface area contributed by atoms with E-state index in [1.165, 1.54) is 36.3 Å². The zero-order valence-corrected chi connectivity index (χ0v) is 21.8. The number of halogens is 3. The first-order chi connectivity index (χ1) is 18.6. The van der Waals surface area contributed by atoms with Crippen LogP contribution in [0.4, 0.5) is 18.9 Å². The van der Waals surface area contributed by atoms with Crippen LogP contribution in [0.3, 0.4) is 0 Å². The van der Waals surface area contributed by atoms with Crippen molar-refractivity contribution < 1.29 is 37.5 Å². The van der Waals surface area contributed by atoms with Crippen molar-refractivity contribution in [3.05, 3.63) is 96.1 Å². The number of benzene rings is 3. The molecule has 0 bridgehead atoms. The third-order valence-corrected chi connectivity index (χ3v) is 6.65. The maximum Gasteiger partial charge on any atom is 0.573 e. The molecular formula is C30H34F3N2O4+. The molecule has 208 valence electrons. The van der Waals surface area contributed by atoms with E-state index in [4.69, 9.17) is 0 Å². The summed E-state index contributed by atoms with van der Waals surface area (Å²) in [5, 5.41) is 11.9. The number of carboxylic acid groups (broad SMARTS) is 1. The SMILES string of the molecule is CCC1CC[NH+](CC(=O)c2ccccc2)CC1.O=C(O)C(Nc1cccc(OC(F)(F)F)c1)c1ccccc1. The molecule has 1 aliphatic heterocycles.